The molecule has 0 aliphatic rings. The van der Waals surface area contributed by atoms with Crippen LogP contribution in [0.3, 0.4) is 0 Å². The molecule has 5 heteroatoms. The predicted octanol–water partition coefficient (Wildman–Crippen LogP) is 3.56. The van der Waals surface area contributed by atoms with Crippen LogP contribution in [0, 0.1) is 11.3 Å². The molecule has 0 bridgehead atoms. The molecule has 2 aromatic rings. The van der Waals surface area contributed by atoms with Crippen molar-refractivity contribution >= 4 is 27.6 Å². The van der Waals surface area contributed by atoms with Crippen LogP contribution in [0.25, 0.3) is 0 Å². The second kappa shape index (κ2) is 6.22. The maximum absolute atomic E-state index is 11.4. The molecule has 0 radical (unpaired) electrons. The number of aliphatic carboxylic acids is 1. The van der Waals surface area contributed by atoms with Crippen LogP contribution >= 0.6 is 15.9 Å². The van der Waals surface area contributed by atoms with E-state index in [1.165, 1.54) is 0 Å². The third-order valence-corrected chi connectivity index (χ3v) is 3.44. The van der Waals surface area contributed by atoms with Crippen LogP contribution in [0.4, 0.5) is 5.69 Å². The normalized spacial score (nSPS) is 11.4. The average molecular weight is 331 g/mol. The first-order chi connectivity index (χ1) is 9.61. The molecule has 1 atom stereocenters. The van der Waals surface area contributed by atoms with Gasteiger partial charge in [-0.05, 0) is 39.7 Å². The number of rotatable bonds is 4. The molecule has 2 rings (SSSR count). The van der Waals surface area contributed by atoms with E-state index in [1.807, 2.05) is 12.1 Å². The van der Waals surface area contributed by atoms with Crippen LogP contribution in [0.5, 0.6) is 0 Å². The van der Waals surface area contributed by atoms with Crippen molar-refractivity contribution in [2.24, 2.45) is 0 Å². The lowest BCUT2D eigenvalue weighted by Gasteiger charge is -2.16. The molecule has 0 saturated carbocycles. The highest BCUT2D eigenvalue weighted by atomic mass is 79.9. The van der Waals surface area contributed by atoms with E-state index in [1.54, 1.807) is 42.5 Å². The van der Waals surface area contributed by atoms with Gasteiger partial charge in [-0.15, -0.1) is 0 Å². The summed E-state index contributed by atoms with van der Waals surface area (Å²) in [5.41, 5.74) is 1.80. The number of carbonyl (C=O) groups is 1. The standard InChI is InChI=1S/C15H11BrN2O2/c16-13-8-12(7-6-11(13)9-17)18-14(15(19)20)10-4-2-1-3-5-10/h1-8,14,18H,(H,19,20)/t14-/m1/s1. The summed E-state index contributed by atoms with van der Waals surface area (Å²) in [6.45, 7) is 0. The summed E-state index contributed by atoms with van der Waals surface area (Å²) < 4.78 is 0.627. The number of carboxylic acid groups (broad SMARTS) is 1. The number of carboxylic acids is 1. The zero-order valence-electron chi connectivity index (χ0n) is 10.4. The molecule has 0 fully saturated rings. The van der Waals surface area contributed by atoms with Crippen molar-refractivity contribution in [3.63, 3.8) is 0 Å². The Morgan fingerprint density at radius 2 is 1.95 bits per heavy atom. The van der Waals surface area contributed by atoms with Crippen LogP contribution in [-0.2, 0) is 4.79 Å². The summed E-state index contributed by atoms with van der Waals surface area (Å²) in [7, 11) is 0. The Morgan fingerprint density at radius 3 is 2.50 bits per heavy atom. The molecule has 0 aliphatic carbocycles. The monoisotopic (exact) mass is 330 g/mol. The SMILES string of the molecule is N#Cc1ccc(N[C@@H](C(=O)O)c2ccccc2)cc1Br. The highest BCUT2D eigenvalue weighted by molar-refractivity contribution is 9.10. The molecular formula is C15H11BrN2O2. The van der Waals surface area contributed by atoms with Crippen molar-refractivity contribution < 1.29 is 9.90 Å². The van der Waals surface area contributed by atoms with Crippen LogP contribution in [-0.4, -0.2) is 11.1 Å². The van der Waals surface area contributed by atoms with Crippen LogP contribution in [0.15, 0.2) is 53.0 Å². The number of hydrogen-bond donors (Lipinski definition) is 2. The molecule has 2 N–H and O–H groups in total. The zero-order chi connectivity index (χ0) is 14.5. The fourth-order valence-corrected chi connectivity index (χ4v) is 2.26. The number of nitrogens with one attached hydrogen (secondary N) is 1. The fourth-order valence-electron chi connectivity index (χ4n) is 1.80. The molecular weight excluding hydrogens is 320 g/mol. The van der Waals surface area contributed by atoms with Gasteiger partial charge < -0.3 is 10.4 Å². The van der Waals surface area contributed by atoms with E-state index in [9.17, 15) is 9.90 Å². The van der Waals surface area contributed by atoms with Crippen LogP contribution < -0.4 is 5.32 Å². The maximum Gasteiger partial charge on any atom is 0.330 e. The minimum atomic E-state index is -0.961. The van der Waals surface area contributed by atoms with E-state index >= 15 is 0 Å². The third kappa shape index (κ3) is 3.16. The largest absolute Gasteiger partial charge is 0.479 e. The van der Waals surface area contributed by atoms with Crippen molar-refractivity contribution in [3.05, 3.63) is 64.1 Å². The topological polar surface area (TPSA) is 73.1 Å². The molecule has 2 aromatic carbocycles. The number of nitrogens with zero attached hydrogens (tertiary/aromatic N) is 1. The van der Waals surface area contributed by atoms with Gasteiger partial charge in [0, 0.05) is 10.2 Å². The van der Waals surface area contributed by atoms with Gasteiger partial charge >= 0.3 is 5.97 Å². The first kappa shape index (κ1) is 14.1. The molecule has 0 saturated heterocycles. The van der Waals surface area contributed by atoms with E-state index in [-0.39, 0.29) is 0 Å². The lowest BCUT2D eigenvalue weighted by Crippen LogP contribution is -2.20. The quantitative estimate of drug-likeness (QED) is 0.898. The van der Waals surface area contributed by atoms with Crippen LogP contribution in [0.2, 0.25) is 0 Å². The van der Waals surface area contributed by atoms with Gasteiger partial charge in [-0.3, -0.25) is 0 Å². The van der Waals surface area contributed by atoms with Crippen molar-refractivity contribution in [2.75, 3.05) is 5.32 Å². The second-order valence-corrected chi connectivity index (χ2v) is 4.99. The molecule has 0 unspecified atom stereocenters. The first-order valence-electron chi connectivity index (χ1n) is 5.86. The van der Waals surface area contributed by atoms with E-state index in [0.717, 1.165) is 0 Å². The number of anilines is 1. The summed E-state index contributed by atoms with van der Waals surface area (Å²) in [6.07, 6.45) is 0. The summed E-state index contributed by atoms with van der Waals surface area (Å²) in [6, 6.07) is 15.1. The number of hydrogen-bond acceptors (Lipinski definition) is 3. The molecule has 0 amide bonds. The Morgan fingerprint density at radius 1 is 1.25 bits per heavy atom. The molecule has 0 aromatic heterocycles. The Hall–Kier alpha value is -2.32. The first-order valence-corrected chi connectivity index (χ1v) is 6.65. The molecule has 0 aliphatic heterocycles. The molecule has 100 valence electrons. The molecule has 4 nitrogen and oxygen atoms in total. The van der Waals surface area contributed by atoms with Gasteiger partial charge in [0.05, 0.1) is 5.56 Å². The summed E-state index contributed by atoms with van der Waals surface area (Å²) in [5.74, 6) is -0.961. The van der Waals surface area contributed by atoms with Gasteiger partial charge in [0.15, 0.2) is 6.04 Å². The van der Waals surface area contributed by atoms with Crippen LogP contribution in [0.1, 0.15) is 17.2 Å². The fraction of sp³-hybridized carbons (Fsp3) is 0.0667. The maximum atomic E-state index is 11.4. The molecule has 0 heterocycles. The highest BCUT2D eigenvalue weighted by Crippen LogP contribution is 2.25. The zero-order valence-corrected chi connectivity index (χ0v) is 12.0. The summed E-state index contributed by atoms with van der Waals surface area (Å²) in [4.78, 5) is 11.4. The highest BCUT2D eigenvalue weighted by Gasteiger charge is 2.19. The average Bonchev–Trinajstić information content (AvgIpc) is 2.45. The summed E-state index contributed by atoms with van der Waals surface area (Å²) in [5, 5.41) is 21.1. The Kier molecular flexibility index (Phi) is 4.38. The van der Waals surface area contributed by atoms with Gasteiger partial charge in [0.1, 0.15) is 6.07 Å². The lowest BCUT2D eigenvalue weighted by molar-refractivity contribution is -0.138. The van der Waals surface area contributed by atoms with E-state index in [0.29, 0.717) is 21.3 Å². The van der Waals surface area contributed by atoms with Crippen molar-refractivity contribution in [1.29, 1.82) is 5.26 Å². The van der Waals surface area contributed by atoms with Crippen molar-refractivity contribution in [1.82, 2.24) is 0 Å². The van der Waals surface area contributed by atoms with Gasteiger partial charge in [0.2, 0.25) is 0 Å². The summed E-state index contributed by atoms with van der Waals surface area (Å²) >= 11 is 3.28. The third-order valence-electron chi connectivity index (χ3n) is 2.78. The Bertz CT molecular complexity index is 665. The van der Waals surface area contributed by atoms with Gasteiger partial charge in [0.25, 0.3) is 0 Å². The number of benzene rings is 2. The second-order valence-electron chi connectivity index (χ2n) is 4.13. The van der Waals surface area contributed by atoms with Crippen molar-refractivity contribution in [2.45, 2.75) is 6.04 Å². The molecule has 20 heavy (non-hydrogen) atoms. The molecule has 0 spiro atoms. The van der Waals surface area contributed by atoms with E-state index < -0.39 is 12.0 Å². The Labute approximate surface area is 124 Å². The van der Waals surface area contributed by atoms with E-state index in [2.05, 4.69) is 21.2 Å². The van der Waals surface area contributed by atoms with Gasteiger partial charge in [-0.1, -0.05) is 30.3 Å². The van der Waals surface area contributed by atoms with Crippen molar-refractivity contribution in [3.8, 4) is 6.07 Å². The minimum absolute atomic E-state index is 0.502. The van der Waals surface area contributed by atoms with Gasteiger partial charge in [-0.2, -0.15) is 5.26 Å². The Balaban J connectivity index is 2.28. The lowest BCUT2D eigenvalue weighted by atomic mass is 10.1. The predicted molar refractivity (Wildman–Crippen MR) is 79.3 cm³/mol. The van der Waals surface area contributed by atoms with E-state index in [4.69, 9.17) is 5.26 Å². The minimum Gasteiger partial charge on any atom is -0.479 e. The smallest absolute Gasteiger partial charge is 0.330 e. The number of nitriles is 1. The number of halogens is 1. The van der Waals surface area contributed by atoms with Gasteiger partial charge in [-0.25, -0.2) is 4.79 Å².